The van der Waals surface area contributed by atoms with E-state index in [0.717, 1.165) is 5.57 Å². The van der Waals surface area contributed by atoms with Gasteiger partial charge in [0.1, 0.15) is 29.6 Å². The number of rotatable bonds is 10. The molecular weight excluding hydrogens is 913 g/mol. The molecular formula is C52H70O18. The Morgan fingerprint density at radius 2 is 1.63 bits per heavy atom. The molecule has 4 aliphatic heterocycles. The second-order valence-corrected chi connectivity index (χ2v) is 20.9. The van der Waals surface area contributed by atoms with Gasteiger partial charge in [-0.15, -0.1) is 0 Å². The molecule has 18 atom stereocenters. The van der Waals surface area contributed by atoms with Crippen molar-refractivity contribution in [2.45, 2.75) is 179 Å². The van der Waals surface area contributed by atoms with Crippen LogP contribution in [0.4, 0.5) is 0 Å². The first-order valence-electron chi connectivity index (χ1n) is 24.7. The first-order valence-corrected chi connectivity index (χ1v) is 24.7. The Labute approximate surface area is 408 Å². The van der Waals surface area contributed by atoms with Gasteiger partial charge in [0.25, 0.3) is 5.76 Å². The topological polar surface area (TPSA) is 252 Å². The average molecular weight is 983 g/mol. The van der Waals surface area contributed by atoms with Gasteiger partial charge in [0, 0.05) is 36.9 Å². The second-order valence-electron chi connectivity index (χ2n) is 20.9. The van der Waals surface area contributed by atoms with Crippen LogP contribution in [0.1, 0.15) is 115 Å². The molecule has 3 aliphatic carbocycles. The number of carbonyl (C=O) groups excluding carboxylic acids is 3. The maximum atomic E-state index is 15.1. The van der Waals surface area contributed by atoms with E-state index in [9.17, 15) is 39.9 Å². The minimum atomic E-state index is -1.67. The Morgan fingerprint density at radius 3 is 2.30 bits per heavy atom. The van der Waals surface area contributed by atoms with E-state index in [-0.39, 0.29) is 36.1 Å². The van der Waals surface area contributed by atoms with Crippen molar-refractivity contribution in [1.82, 2.24) is 0 Å². The van der Waals surface area contributed by atoms with Crippen LogP contribution in [0.2, 0.25) is 0 Å². The third kappa shape index (κ3) is 8.77. The zero-order valence-corrected chi connectivity index (χ0v) is 41.5. The number of carboxylic acids is 1. The van der Waals surface area contributed by atoms with E-state index in [1.807, 2.05) is 19.9 Å². The quantitative estimate of drug-likeness (QED) is 0.110. The molecule has 1 aromatic rings. The van der Waals surface area contributed by atoms with E-state index in [1.165, 1.54) is 14.2 Å². The van der Waals surface area contributed by atoms with E-state index in [0.29, 0.717) is 44.1 Å². The van der Waals surface area contributed by atoms with Gasteiger partial charge in [-0.1, -0.05) is 56.5 Å². The Kier molecular flexibility index (Phi) is 14.8. The number of allylic oxidation sites excluding steroid dienone is 1. The minimum Gasteiger partial charge on any atom is -0.505 e. The number of fused-ring (bicyclic) bond motifs is 3. The highest BCUT2D eigenvalue weighted by molar-refractivity contribution is 5.95. The lowest BCUT2D eigenvalue weighted by Gasteiger charge is -2.54. The molecule has 2 bridgehead atoms. The van der Waals surface area contributed by atoms with Crippen molar-refractivity contribution in [3.8, 4) is 5.75 Å². The van der Waals surface area contributed by atoms with Crippen molar-refractivity contribution in [2.75, 3.05) is 14.2 Å². The third-order valence-corrected chi connectivity index (χ3v) is 16.9. The number of carbonyl (C=O) groups is 4. The summed E-state index contributed by atoms with van der Waals surface area (Å²) in [5.41, 5.74) is -2.39. The molecule has 386 valence electrons. The lowest BCUT2D eigenvalue weighted by atomic mass is 9.52. The average Bonchev–Trinajstić information content (AvgIpc) is 3.54. The summed E-state index contributed by atoms with van der Waals surface area (Å²) in [4.78, 5) is 55.4. The summed E-state index contributed by atoms with van der Waals surface area (Å²) in [6.07, 6.45) is -5.78. The van der Waals surface area contributed by atoms with Gasteiger partial charge in [-0.3, -0.25) is 4.79 Å². The van der Waals surface area contributed by atoms with Gasteiger partial charge in [-0.25, -0.2) is 14.4 Å². The fourth-order valence-corrected chi connectivity index (χ4v) is 13.0. The van der Waals surface area contributed by atoms with Crippen LogP contribution in [0, 0.1) is 41.4 Å². The van der Waals surface area contributed by atoms with E-state index in [1.54, 1.807) is 58.9 Å². The number of carboxylic acid groups (broad SMARTS) is 1. The summed E-state index contributed by atoms with van der Waals surface area (Å²) >= 11 is 0. The van der Waals surface area contributed by atoms with Crippen molar-refractivity contribution in [1.29, 1.82) is 0 Å². The third-order valence-electron chi connectivity index (χ3n) is 16.9. The summed E-state index contributed by atoms with van der Waals surface area (Å²) in [6, 6.07) is 5.09. The molecule has 0 aromatic heterocycles. The van der Waals surface area contributed by atoms with Crippen LogP contribution in [-0.4, -0.2) is 137 Å². The van der Waals surface area contributed by atoms with Gasteiger partial charge in [-0.2, -0.15) is 0 Å². The van der Waals surface area contributed by atoms with Gasteiger partial charge in [0.15, 0.2) is 30.0 Å². The summed E-state index contributed by atoms with van der Waals surface area (Å²) < 4.78 is 54.8. The van der Waals surface area contributed by atoms with E-state index < -0.39 is 143 Å². The number of methoxy groups -OCH3 is 2. The van der Waals surface area contributed by atoms with Crippen LogP contribution < -0.4 is 4.74 Å². The SMILES string of the molecule is CC[C@@H]1C[C@@]23OC(=O)C(=C2O)OC(=O)[C@]2(C)[C@H](CCCC[C@]3(C)C=C1C(=O)O)C(C)=C[C@@H]1[C@@H](OC3OC(C)C(OC(=O)c4c(C)cccc4OC)C(OC4CC(O)C(OC)C(C)O4)C3O)[C@@H](O)CC[C@H]12. The Bertz CT molecular complexity index is 2280. The fourth-order valence-electron chi connectivity index (χ4n) is 13.0. The normalized spacial score (nSPS) is 42.0. The predicted molar refractivity (Wildman–Crippen MR) is 246 cm³/mol. The van der Waals surface area contributed by atoms with Crippen molar-refractivity contribution in [3.05, 3.63) is 64.1 Å². The van der Waals surface area contributed by atoms with Crippen LogP contribution in [0.3, 0.4) is 0 Å². The molecule has 18 nitrogen and oxygen atoms in total. The number of benzene rings is 1. The molecule has 1 aromatic carbocycles. The Balaban J connectivity index is 1.10. The monoisotopic (exact) mass is 982 g/mol. The molecule has 7 aliphatic rings. The molecule has 0 radical (unpaired) electrons. The summed E-state index contributed by atoms with van der Waals surface area (Å²) in [7, 11) is 2.89. The number of aliphatic hydroxyl groups excluding tert-OH is 4. The number of hydrogen-bond acceptors (Lipinski definition) is 17. The highest BCUT2D eigenvalue weighted by Gasteiger charge is 2.65. The van der Waals surface area contributed by atoms with Gasteiger partial charge in [-0.05, 0) is 96.1 Å². The Morgan fingerprint density at radius 1 is 0.900 bits per heavy atom. The molecule has 4 heterocycles. The number of hydrogen-bond donors (Lipinski definition) is 5. The largest absolute Gasteiger partial charge is 0.505 e. The first kappa shape index (κ1) is 51.9. The smallest absolute Gasteiger partial charge is 0.379 e. The van der Waals surface area contributed by atoms with Crippen molar-refractivity contribution in [3.63, 3.8) is 0 Å². The molecule has 18 heteroatoms. The van der Waals surface area contributed by atoms with Crippen molar-refractivity contribution >= 4 is 23.9 Å². The van der Waals surface area contributed by atoms with Crippen molar-refractivity contribution < 1.29 is 87.3 Å². The van der Waals surface area contributed by atoms with Crippen LogP contribution in [-0.2, 0) is 52.3 Å². The summed E-state index contributed by atoms with van der Waals surface area (Å²) in [5, 5.41) is 57.4. The molecule has 0 amide bonds. The Hall–Kier alpha value is -4.40. The predicted octanol–water partition coefficient (Wildman–Crippen LogP) is 5.52. The number of aliphatic hydroxyl groups is 4. The maximum absolute atomic E-state index is 15.1. The molecule has 70 heavy (non-hydrogen) atoms. The lowest BCUT2D eigenvalue weighted by Crippen LogP contribution is -2.63. The molecule has 1 saturated carbocycles. The summed E-state index contributed by atoms with van der Waals surface area (Å²) in [6.45, 7) is 12.4. The van der Waals surface area contributed by atoms with Gasteiger partial charge in [0.2, 0.25) is 0 Å². The van der Waals surface area contributed by atoms with Crippen LogP contribution in [0.25, 0.3) is 0 Å². The number of ether oxygens (including phenoxy) is 9. The van der Waals surface area contributed by atoms with Crippen LogP contribution >= 0.6 is 0 Å². The minimum absolute atomic E-state index is 0.00658. The molecule has 9 unspecified atom stereocenters. The molecule has 3 fully saturated rings. The molecule has 8 rings (SSSR count). The maximum Gasteiger partial charge on any atom is 0.379 e. The number of esters is 3. The zero-order chi connectivity index (χ0) is 50.8. The van der Waals surface area contributed by atoms with E-state index in [4.69, 9.17) is 42.6 Å². The highest BCUT2D eigenvalue weighted by Crippen LogP contribution is 2.60. The van der Waals surface area contributed by atoms with Gasteiger partial charge < -0.3 is 68.2 Å². The zero-order valence-electron chi connectivity index (χ0n) is 41.5. The van der Waals surface area contributed by atoms with E-state index >= 15 is 4.79 Å². The highest BCUT2D eigenvalue weighted by atomic mass is 16.7. The van der Waals surface area contributed by atoms with Gasteiger partial charge >= 0.3 is 23.9 Å². The van der Waals surface area contributed by atoms with Crippen molar-refractivity contribution in [2.24, 2.45) is 34.5 Å². The number of aliphatic carboxylic acids is 1. The molecule has 5 N–H and O–H groups in total. The first-order chi connectivity index (χ1) is 33.1. The standard InChI is InChI=1S/C52H70O18/c1-10-28-22-52-44(56)43(47(60)70-52)69-49(61)51(7)31(15-11-12-19-50(52,6)23-30(28)45(57)58)25(3)20-29-32(51)17-18-33(53)41(29)68-48-38(55)42(66-36-21-34(54)39(63-9)26(4)64-36)40(27(5)65-48)67-46(59)37-24(2)14-13-16-35(37)62-8/h13-14,16,20,23,26-29,31-34,36,38-42,48,53-56H,10-12,15,17-19,21-22H2,1-9H3,(H,57,58)/t26?,27?,28-,29+,31-,32-,33+,34?,36?,38?,39?,40?,41-,42?,48?,50-,51-,52-/m1/s1. The molecule has 2 saturated heterocycles. The van der Waals surface area contributed by atoms with Gasteiger partial charge in [0.05, 0.1) is 43.0 Å². The number of aryl methyl sites for hydroxylation is 1. The lowest BCUT2D eigenvalue weighted by molar-refractivity contribution is -0.349. The second kappa shape index (κ2) is 19.9. The van der Waals surface area contributed by atoms with Crippen LogP contribution in [0.15, 0.2) is 53.0 Å². The molecule has 1 spiro atoms. The summed E-state index contributed by atoms with van der Waals surface area (Å²) in [5.74, 6) is -6.71. The van der Waals surface area contributed by atoms with E-state index in [2.05, 4.69) is 0 Å². The van der Waals surface area contributed by atoms with Crippen LogP contribution in [0.5, 0.6) is 5.75 Å². The fraction of sp³-hybridized carbons (Fsp3) is 0.692.